The van der Waals surface area contributed by atoms with Gasteiger partial charge in [-0.1, -0.05) is 36.4 Å². The van der Waals surface area contributed by atoms with Crippen molar-refractivity contribution in [1.82, 2.24) is 15.1 Å². The van der Waals surface area contributed by atoms with Crippen molar-refractivity contribution in [2.75, 3.05) is 39.3 Å². The first-order valence-electron chi connectivity index (χ1n) is 9.56. The van der Waals surface area contributed by atoms with Crippen molar-refractivity contribution in [1.29, 1.82) is 0 Å². The fraction of sp³-hybridized carbons (Fsp3) is 0.619. The minimum absolute atomic E-state index is 0.0833. The molecule has 3 rings (SSSR count). The molecule has 2 saturated heterocycles. The Morgan fingerprint density at radius 2 is 1.67 bits per heavy atom. The summed E-state index contributed by atoms with van der Waals surface area (Å²) in [5.74, 6) is 0. The zero-order valence-electron chi connectivity index (χ0n) is 15.6. The Kier molecular flexibility index (Phi) is 5.75. The number of piperazine rings is 1. The molecule has 1 atom stereocenters. The average molecular weight is 328 g/mol. The van der Waals surface area contributed by atoms with Gasteiger partial charge in [-0.15, -0.1) is 0 Å². The van der Waals surface area contributed by atoms with Crippen LogP contribution in [0.15, 0.2) is 42.0 Å². The molecule has 0 bridgehead atoms. The van der Waals surface area contributed by atoms with Crippen LogP contribution >= 0.6 is 0 Å². The largest absolute Gasteiger partial charge is 0.314 e. The average Bonchev–Trinajstić information content (AvgIpc) is 3.15. The van der Waals surface area contributed by atoms with Gasteiger partial charge in [-0.05, 0) is 57.8 Å². The summed E-state index contributed by atoms with van der Waals surface area (Å²) in [5, 5.41) is 3.49. The predicted molar refractivity (Wildman–Crippen MR) is 102 cm³/mol. The fourth-order valence-corrected chi connectivity index (χ4v) is 4.47. The molecular weight excluding hydrogens is 294 g/mol. The Morgan fingerprint density at radius 1 is 1.04 bits per heavy atom. The molecule has 24 heavy (non-hydrogen) atoms. The third kappa shape index (κ3) is 3.58. The Balaban J connectivity index is 1.94. The van der Waals surface area contributed by atoms with Crippen molar-refractivity contribution in [2.45, 2.75) is 45.2 Å². The second-order valence-corrected chi connectivity index (χ2v) is 7.60. The van der Waals surface area contributed by atoms with Crippen molar-refractivity contribution in [3.8, 4) is 0 Å². The molecule has 0 radical (unpaired) electrons. The molecule has 0 aromatic heterocycles. The first-order valence-corrected chi connectivity index (χ1v) is 9.56. The van der Waals surface area contributed by atoms with Crippen LogP contribution in [0.1, 0.15) is 45.2 Å². The van der Waals surface area contributed by atoms with Gasteiger partial charge in [0.2, 0.25) is 0 Å². The van der Waals surface area contributed by atoms with E-state index in [1.54, 1.807) is 5.57 Å². The highest BCUT2D eigenvalue weighted by Crippen LogP contribution is 2.39. The third-order valence-corrected chi connectivity index (χ3v) is 5.84. The molecular formula is C21H33N3. The highest BCUT2D eigenvalue weighted by Gasteiger charge is 2.38. The zero-order valence-corrected chi connectivity index (χ0v) is 15.6. The molecule has 2 fully saturated rings. The second-order valence-electron chi connectivity index (χ2n) is 7.60. The van der Waals surface area contributed by atoms with Gasteiger partial charge in [0.05, 0.1) is 6.04 Å². The Labute approximate surface area is 147 Å². The van der Waals surface area contributed by atoms with Crippen molar-refractivity contribution in [3.05, 3.63) is 47.5 Å². The lowest BCUT2D eigenvalue weighted by Crippen LogP contribution is -2.55. The van der Waals surface area contributed by atoms with Crippen LogP contribution in [0.3, 0.4) is 0 Å². The van der Waals surface area contributed by atoms with Gasteiger partial charge in [-0.2, -0.15) is 0 Å². The summed E-state index contributed by atoms with van der Waals surface area (Å²) in [6, 6.07) is 11.5. The van der Waals surface area contributed by atoms with E-state index in [2.05, 4.69) is 72.3 Å². The maximum Gasteiger partial charge on any atom is 0.0578 e. The van der Waals surface area contributed by atoms with Crippen LogP contribution in [0.5, 0.6) is 0 Å². The first-order chi connectivity index (χ1) is 11.6. The van der Waals surface area contributed by atoms with E-state index >= 15 is 0 Å². The summed E-state index contributed by atoms with van der Waals surface area (Å²) < 4.78 is 0. The predicted octanol–water partition coefficient (Wildman–Crippen LogP) is 3.45. The maximum atomic E-state index is 3.49. The standard InChI is InChI=1S/C21H33N3/c1-4-19(21(2,3)24-16-12-22-13-17-24)20(23-14-8-9-15-23)18-10-6-5-7-11-18/h4-7,10-11,20,22H,8-9,12-17H2,1-3H3/b19-4-. The molecule has 2 aliphatic rings. The Bertz CT molecular complexity index is 537. The smallest absolute Gasteiger partial charge is 0.0578 e. The van der Waals surface area contributed by atoms with Crippen LogP contribution in [0.4, 0.5) is 0 Å². The van der Waals surface area contributed by atoms with Crippen LogP contribution in [-0.2, 0) is 0 Å². The minimum atomic E-state index is 0.0833. The van der Waals surface area contributed by atoms with Crippen LogP contribution in [0.25, 0.3) is 0 Å². The van der Waals surface area contributed by atoms with Gasteiger partial charge in [0.25, 0.3) is 0 Å². The summed E-state index contributed by atoms with van der Waals surface area (Å²) in [4.78, 5) is 5.35. The molecule has 0 spiro atoms. The van der Waals surface area contributed by atoms with E-state index in [0.717, 1.165) is 26.2 Å². The van der Waals surface area contributed by atoms with E-state index in [9.17, 15) is 0 Å². The molecule has 132 valence electrons. The molecule has 1 unspecified atom stereocenters. The van der Waals surface area contributed by atoms with Gasteiger partial charge in [-0.3, -0.25) is 9.80 Å². The van der Waals surface area contributed by atoms with Gasteiger partial charge < -0.3 is 5.32 Å². The molecule has 3 nitrogen and oxygen atoms in total. The monoisotopic (exact) mass is 327 g/mol. The fourth-order valence-electron chi connectivity index (χ4n) is 4.47. The lowest BCUT2D eigenvalue weighted by atomic mass is 9.82. The number of hydrogen-bond donors (Lipinski definition) is 1. The van der Waals surface area contributed by atoms with E-state index in [-0.39, 0.29) is 5.54 Å². The lowest BCUT2D eigenvalue weighted by Gasteiger charge is -2.47. The van der Waals surface area contributed by atoms with E-state index in [1.165, 1.54) is 31.5 Å². The Morgan fingerprint density at radius 3 is 2.25 bits per heavy atom. The van der Waals surface area contributed by atoms with Crippen LogP contribution in [-0.4, -0.2) is 54.6 Å². The third-order valence-electron chi connectivity index (χ3n) is 5.84. The van der Waals surface area contributed by atoms with Gasteiger partial charge in [0, 0.05) is 31.7 Å². The Hall–Kier alpha value is -1.16. The minimum Gasteiger partial charge on any atom is -0.314 e. The van der Waals surface area contributed by atoms with Crippen molar-refractivity contribution < 1.29 is 0 Å². The van der Waals surface area contributed by atoms with E-state index in [1.807, 2.05) is 0 Å². The molecule has 3 heteroatoms. The van der Waals surface area contributed by atoms with Gasteiger partial charge >= 0.3 is 0 Å². The number of benzene rings is 1. The van der Waals surface area contributed by atoms with E-state index < -0.39 is 0 Å². The first kappa shape index (κ1) is 17.7. The number of allylic oxidation sites excluding steroid dienone is 1. The molecule has 1 N–H and O–H groups in total. The molecule has 2 aliphatic heterocycles. The molecule has 0 aliphatic carbocycles. The topological polar surface area (TPSA) is 18.5 Å². The number of nitrogens with one attached hydrogen (secondary N) is 1. The summed E-state index contributed by atoms with van der Waals surface area (Å²) in [7, 11) is 0. The van der Waals surface area contributed by atoms with Crippen LogP contribution < -0.4 is 5.32 Å². The lowest BCUT2D eigenvalue weighted by molar-refractivity contribution is 0.112. The second kappa shape index (κ2) is 7.81. The van der Waals surface area contributed by atoms with Crippen LogP contribution in [0, 0.1) is 0 Å². The molecule has 2 heterocycles. The number of hydrogen-bond acceptors (Lipinski definition) is 3. The van der Waals surface area contributed by atoms with E-state index in [0.29, 0.717) is 6.04 Å². The van der Waals surface area contributed by atoms with Gasteiger partial charge in [0.15, 0.2) is 0 Å². The quantitative estimate of drug-likeness (QED) is 0.836. The molecule has 0 saturated carbocycles. The van der Waals surface area contributed by atoms with Crippen molar-refractivity contribution in [3.63, 3.8) is 0 Å². The van der Waals surface area contributed by atoms with Crippen LogP contribution in [0.2, 0.25) is 0 Å². The normalized spacial score (nSPS) is 22.7. The molecule has 1 aromatic rings. The summed E-state index contributed by atoms with van der Waals surface area (Å²) in [5.41, 5.74) is 3.08. The number of nitrogens with zero attached hydrogens (tertiary/aromatic N) is 2. The summed E-state index contributed by atoms with van der Waals surface area (Å²) >= 11 is 0. The van der Waals surface area contributed by atoms with Crippen molar-refractivity contribution >= 4 is 0 Å². The summed E-state index contributed by atoms with van der Waals surface area (Å²) in [6.45, 7) is 14.0. The highest BCUT2D eigenvalue weighted by molar-refractivity contribution is 5.34. The zero-order chi connectivity index (χ0) is 17.0. The maximum absolute atomic E-state index is 3.49. The van der Waals surface area contributed by atoms with Gasteiger partial charge in [-0.25, -0.2) is 0 Å². The number of likely N-dealkylation sites (tertiary alicyclic amines) is 1. The van der Waals surface area contributed by atoms with E-state index in [4.69, 9.17) is 0 Å². The summed E-state index contributed by atoms with van der Waals surface area (Å²) in [6.07, 6.45) is 5.04. The highest BCUT2D eigenvalue weighted by atomic mass is 15.3. The molecule has 1 aromatic carbocycles. The van der Waals surface area contributed by atoms with Crippen molar-refractivity contribution in [2.24, 2.45) is 0 Å². The number of rotatable bonds is 5. The molecule has 0 amide bonds. The SMILES string of the molecule is C/C=C(/C(c1ccccc1)N1CCCC1)C(C)(C)N1CCNCC1. The van der Waals surface area contributed by atoms with Gasteiger partial charge in [0.1, 0.15) is 0 Å².